The normalized spacial score (nSPS) is 11.1. The van der Waals surface area contributed by atoms with Crippen LogP contribution in [0.5, 0.6) is 17.2 Å². The average molecular weight is 445 g/mol. The average Bonchev–Trinajstić information content (AvgIpc) is 2.66. The molecule has 0 heterocycles. The number of para-hydroxylation sites is 1. The first-order valence-corrected chi connectivity index (χ1v) is 11.4. The first kappa shape index (κ1) is 26.6. The molecule has 7 heteroatoms. The van der Waals surface area contributed by atoms with Crippen LogP contribution in [0, 0.1) is 0 Å². The Bertz CT molecular complexity index is 835. The van der Waals surface area contributed by atoms with Gasteiger partial charge in [-0.3, -0.25) is 4.55 Å². The first-order valence-electron chi connectivity index (χ1n) is 9.96. The molecule has 0 bridgehead atoms. The van der Waals surface area contributed by atoms with Gasteiger partial charge in [0.05, 0.1) is 4.90 Å². The van der Waals surface area contributed by atoms with Crippen molar-refractivity contribution in [2.75, 3.05) is 0 Å². The van der Waals surface area contributed by atoms with Crippen LogP contribution in [0.4, 0.5) is 0 Å². The van der Waals surface area contributed by atoms with Crippen LogP contribution in [0.2, 0.25) is 0 Å². The fraction of sp³-hybridized carbons (Fsp3) is 0.455. The van der Waals surface area contributed by atoms with Gasteiger partial charge in [-0.05, 0) is 43.2 Å². The van der Waals surface area contributed by atoms with Gasteiger partial charge in [0.2, 0.25) is 0 Å². The van der Waals surface area contributed by atoms with Crippen molar-refractivity contribution in [1.82, 2.24) is 0 Å². The molecule has 0 saturated heterocycles. The summed E-state index contributed by atoms with van der Waals surface area (Å²) >= 11 is 0. The molecule has 2 rings (SSSR count). The van der Waals surface area contributed by atoms with Gasteiger partial charge in [-0.2, -0.15) is 8.42 Å². The van der Waals surface area contributed by atoms with Crippen molar-refractivity contribution in [3.8, 4) is 17.2 Å². The fourth-order valence-corrected chi connectivity index (χ4v) is 3.57. The largest absolute Gasteiger partial charge is 1.00 e. The summed E-state index contributed by atoms with van der Waals surface area (Å²) in [7, 11) is -4.25. The van der Waals surface area contributed by atoms with Gasteiger partial charge in [0.15, 0.2) is 0 Å². The second-order valence-electron chi connectivity index (χ2n) is 7.02. The number of rotatable bonds is 12. The molecular formula is C22H29KO5S. The molecule has 2 aromatic carbocycles. The number of ether oxygens (including phenoxy) is 1. The van der Waals surface area contributed by atoms with Crippen LogP contribution in [0.25, 0.3) is 0 Å². The van der Waals surface area contributed by atoms with E-state index in [9.17, 15) is 13.5 Å². The molecule has 0 aliphatic rings. The molecule has 5 nitrogen and oxygen atoms in total. The minimum atomic E-state index is -4.25. The van der Waals surface area contributed by atoms with E-state index in [4.69, 9.17) is 9.29 Å². The minimum absolute atomic E-state index is 0. The SMILES string of the molecule is CCCCCCCCCCc1cccc(Oc2ccc(S(=O)(=O)O)cc2)c1[O-].[K+]. The molecule has 0 aromatic heterocycles. The van der Waals surface area contributed by atoms with Crippen LogP contribution >= 0.6 is 0 Å². The summed E-state index contributed by atoms with van der Waals surface area (Å²) in [4.78, 5) is -0.217. The molecule has 0 aliphatic carbocycles. The monoisotopic (exact) mass is 444 g/mol. The summed E-state index contributed by atoms with van der Waals surface area (Å²) in [6.07, 6.45) is 10.5. The summed E-state index contributed by atoms with van der Waals surface area (Å²) in [6, 6.07) is 10.5. The van der Waals surface area contributed by atoms with Crippen molar-refractivity contribution in [1.29, 1.82) is 0 Å². The number of hydrogen-bond donors (Lipinski definition) is 1. The second-order valence-corrected chi connectivity index (χ2v) is 8.44. The molecule has 0 spiro atoms. The van der Waals surface area contributed by atoms with E-state index in [0.717, 1.165) is 24.8 Å². The van der Waals surface area contributed by atoms with Crippen molar-refractivity contribution < 1.29 is 74.2 Å². The molecule has 0 fully saturated rings. The molecule has 0 saturated carbocycles. The predicted octanol–water partition coefficient (Wildman–Crippen LogP) is 2.49. The van der Waals surface area contributed by atoms with Crippen LogP contribution < -0.4 is 61.2 Å². The third kappa shape index (κ3) is 9.51. The van der Waals surface area contributed by atoms with Crippen molar-refractivity contribution in [2.45, 2.75) is 69.6 Å². The Labute approximate surface area is 217 Å². The number of benzene rings is 2. The molecule has 0 amide bonds. The van der Waals surface area contributed by atoms with Gasteiger partial charge in [0, 0.05) is 0 Å². The Balaban J connectivity index is 0.00000420. The van der Waals surface area contributed by atoms with Gasteiger partial charge in [-0.15, -0.1) is 0 Å². The van der Waals surface area contributed by atoms with Gasteiger partial charge in [0.25, 0.3) is 10.1 Å². The quantitative estimate of drug-likeness (QED) is 0.309. The molecule has 0 aliphatic heterocycles. The number of aryl methyl sites for hydroxylation is 1. The Kier molecular flexibility index (Phi) is 12.7. The predicted molar refractivity (Wildman–Crippen MR) is 109 cm³/mol. The summed E-state index contributed by atoms with van der Waals surface area (Å²) in [5, 5.41) is 12.6. The van der Waals surface area contributed by atoms with Crippen LogP contribution in [0.3, 0.4) is 0 Å². The van der Waals surface area contributed by atoms with E-state index >= 15 is 0 Å². The Morgan fingerprint density at radius 1 is 0.897 bits per heavy atom. The van der Waals surface area contributed by atoms with Gasteiger partial charge in [0.1, 0.15) is 11.5 Å². The third-order valence-electron chi connectivity index (χ3n) is 4.71. The molecule has 29 heavy (non-hydrogen) atoms. The molecule has 154 valence electrons. The van der Waals surface area contributed by atoms with E-state index in [1.54, 1.807) is 12.1 Å². The summed E-state index contributed by atoms with van der Waals surface area (Å²) in [6.45, 7) is 2.22. The van der Waals surface area contributed by atoms with Gasteiger partial charge in [-0.25, -0.2) is 0 Å². The molecular weight excluding hydrogens is 415 g/mol. The van der Waals surface area contributed by atoms with E-state index in [-0.39, 0.29) is 67.8 Å². The zero-order valence-corrected chi connectivity index (χ0v) is 21.3. The van der Waals surface area contributed by atoms with E-state index in [1.807, 2.05) is 6.07 Å². The first-order chi connectivity index (χ1) is 13.4. The third-order valence-corrected chi connectivity index (χ3v) is 5.58. The van der Waals surface area contributed by atoms with E-state index in [1.165, 1.54) is 62.8 Å². The van der Waals surface area contributed by atoms with E-state index in [2.05, 4.69) is 6.92 Å². The van der Waals surface area contributed by atoms with Gasteiger partial charge in [-0.1, -0.05) is 75.3 Å². The molecule has 0 unspecified atom stereocenters. The van der Waals surface area contributed by atoms with Crippen LogP contribution in [-0.2, 0) is 16.5 Å². The molecule has 2 aromatic rings. The van der Waals surface area contributed by atoms with Crippen molar-refractivity contribution in [2.24, 2.45) is 0 Å². The maximum absolute atomic E-state index is 12.6. The maximum atomic E-state index is 12.6. The molecule has 0 radical (unpaired) electrons. The van der Waals surface area contributed by atoms with Gasteiger partial charge < -0.3 is 9.84 Å². The number of unbranched alkanes of at least 4 members (excludes halogenated alkanes) is 7. The van der Waals surface area contributed by atoms with Crippen LogP contribution in [0.15, 0.2) is 47.4 Å². The topological polar surface area (TPSA) is 86.7 Å². The Hall–Kier alpha value is -0.414. The second kappa shape index (κ2) is 13.8. The standard InChI is InChI=1S/C22H30O5S.K/c1-2-3-4-5-6-7-8-9-11-18-12-10-13-21(22(18)23)27-19-14-16-20(17-15-19)28(24,25)26;/h10,12-17,23H,2-9,11H2,1H3,(H,24,25,26);/q;+1/p-1. The Morgan fingerprint density at radius 3 is 2.07 bits per heavy atom. The van der Waals surface area contributed by atoms with Gasteiger partial charge >= 0.3 is 51.4 Å². The molecule has 1 N–H and O–H groups in total. The van der Waals surface area contributed by atoms with Crippen molar-refractivity contribution in [3.05, 3.63) is 48.0 Å². The summed E-state index contributed by atoms with van der Waals surface area (Å²) in [5.41, 5.74) is 0.734. The van der Waals surface area contributed by atoms with E-state index in [0.29, 0.717) is 5.75 Å². The smallest absolute Gasteiger partial charge is 0.870 e. The van der Waals surface area contributed by atoms with Crippen molar-refractivity contribution in [3.63, 3.8) is 0 Å². The van der Waals surface area contributed by atoms with Crippen LogP contribution in [-0.4, -0.2) is 13.0 Å². The maximum Gasteiger partial charge on any atom is 1.00 e. The Morgan fingerprint density at radius 2 is 1.48 bits per heavy atom. The van der Waals surface area contributed by atoms with Crippen molar-refractivity contribution >= 4 is 10.1 Å². The van der Waals surface area contributed by atoms with Crippen LogP contribution in [0.1, 0.15) is 63.9 Å². The van der Waals surface area contributed by atoms with E-state index < -0.39 is 10.1 Å². The summed E-state index contributed by atoms with van der Waals surface area (Å²) < 4.78 is 36.8. The zero-order chi connectivity index (χ0) is 20.4. The zero-order valence-electron chi connectivity index (χ0n) is 17.4. The summed E-state index contributed by atoms with van der Waals surface area (Å²) in [5.74, 6) is 0.426. The molecule has 0 atom stereocenters. The fourth-order valence-electron chi connectivity index (χ4n) is 3.09. The minimum Gasteiger partial charge on any atom is -0.870 e. The number of hydrogen-bond acceptors (Lipinski definition) is 4.